The smallest absolute Gasteiger partial charge is 0.253 e. The summed E-state index contributed by atoms with van der Waals surface area (Å²) in [6, 6.07) is 11.4. The van der Waals surface area contributed by atoms with Gasteiger partial charge >= 0.3 is 0 Å². The van der Waals surface area contributed by atoms with E-state index in [-0.39, 0.29) is 11.9 Å². The lowest BCUT2D eigenvalue weighted by atomic mass is 10.1. The molecule has 0 heterocycles. The molecule has 7 nitrogen and oxygen atoms in total. The van der Waals surface area contributed by atoms with E-state index in [2.05, 4.69) is 10.6 Å². The highest BCUT2D eigenvalue weighted by atomic mass is 35.5. The molecule has 162 valence electrons. The molecule has 1 atom stereocenters. The molecule has 2 aromatic carbocycles. The van der Waals surface area contributed by atoms with E-state index in [1.807, 2.05) is 13.8 Å². The van der Waals surface area contributed by atoms with Gasteiger partial charge < -0.3 is 10.6 Å². The number of rotatable bonds is 8. The summed E-state index contributed by atoms with van der Waals surface area (Å²) in [6.07, 6.45) is 1.79. The van der Waals surface area contributed by atoms with Crippen molar-refractivity contribution in [1.82, 2.24) is 5.32 Å². The highest BCUT2D eigenvalue weighted by Gasteiger charge is 2.24. The quantitative estimate of drug-likeness (QED) is 0.641. The van der Waals surface area contributed by atoms with E-state index in [0.717, 1.165) is 17.0 Å². The Morgan fingerprint density at radius 1 is 1.13 bits per heavy atom. The first-order valence-corrected chi connectivity index (χ1v) is 11.7. The van der Waals surface area contributed by atoms with Gasteiger partial charge in [-0.05, 0) is 50.1 Å². The molecular formula is C21H26ClN3O4S. The van der Waals surface area contributed by atoms with Gasteiger partial charge in [0.25, 0.3) is 5.91 Å². The average Bonchev–Trinajstić information content (AvgIpc) is 2.68. The van der Waals surface area contributed by atoms with E-state index < -0.39 is 22.5 Å². The third kappa shape index (κ3) is 5.96. The molecule has 0 saturated carbocycles. The number of carbonyl (C=O) groups is 2. The fraction of sp³-hybridized carbons (Fsp3) is 0.333. The predicted molar refractivity (Wildman–Crippen MR) is 121 cm³/mol. The molecule has 0 aliphatic carbocycles. The average molecular weight is 452 g/mol. The second-order valence-corrected chi connectivity index (χ2v) is 9.34. The van der Waals surface area contributed by atoms with Crippen LogP contribution in [0, 0.1) is 6.92 Å². The van der Waals surface area contributed by atoms with Crippen LogP contribution in [-0.4, -0.2) is 39.1 Å². The van der Waals surface area contributed by atoms with Crippen molar-refractivity contribution in [2.75, 3.05) is 22.4 Å². The molecule has 0 aliphatic rings. The Morgan fingerprint density at radius 3 is 2.43 bits per heavy atom. The normalized spacial score (nSPS) is 12.2. The van der Waals surface area contributed by atoms with E-state index in [4.69, 9.17) is 11.6 Å². The lowest BCUT2D eigenvalue weighted by molar-refractivity contribution is -0.114. The van der Waals surface area contributed by atoms with Gasteiger partial charge in [-0.25, -0.2) is 8.42 Å². The minimum atomic E-state index is -3.76. The zero-order chi connectivity index (χ0) is 22.5. The summed E-state index contributed by atoms with van der Waals surface area (Å²) in [7, 11) is -3.76. The molecule has 0 aliphatic heterocycles. The molecule has 2 rings (SSSR count). The number of hydrogen-bond acceptors (Lipinski definition) is 4. The van der Waals surface area contributed by atoms with Crippen molar-refractivity contribution in [3.8, 4) is 0 Å². The summed E-state index contributed by atoms with van der Waals surface area (Å²) in [4.78, 5) is 25.2. The van der Waals surface area contributed by atoms with Crippen LogP contribution < -0.4 is 14.9 Å². The Morgan fingerprint density at radius 2 is 1.80 bits per heavy atom. The highest BCUT2D eigenvalue weighted by molar-refractivity contribution is 7.92. The second kappa shape index (κ2) is 9.95. The maximum absolute atomic E-state index is 12.7. The van der Waals surface area contributed by atoms with Gasteiger partial charge in [0, 0.05) is 11.1 Å². The Hall–Kier alpha value is -2.58. The van der Waals surface area contributed by atoms with Crippen LogP contribution in [0.25, 0.3) is 0 Å². The molecule has 0 bridgehead atoms. The van der Waals surface area contributed by atoms with Crippen LogP contribution in [-0.2, 0) is 14.8 Å². The van der Waals surface area contributed by atoms with Gasteiger partial charge in [-0.2, -0.15) is 0 Å². The van der Waals surface area contributed by atoms with Crippen molar-refractivity contribution in [1.29, 1.82) is 0 Å². The minimum absolute atomic E-state index is 0.0206. The van der Waals surface area contributed by atoms with Crippen LogP contribution in [0.1, 0.15) is 36.2 Å². The van der Waals surface area contributed by atoms with Gasteiger partial charge in [0.15, 0.2) is 0 Å². The van der Waals surface area contributed by atoms with Crippen molar-refractivity contribution in [3.63, 3.8) is 0 Å². The number of nitrogens with one attached hydrogen (secondary N) is 2. The van der Waals surface area contributed by atoms with Gasteiger partial charge in [0.05, 0.1) is 23.2 Å². The van der Waals surface area contributed by atoms with Crippen molar-refractivity contribution in [2.45, 2.75) is 33.2 Å². The standard InChI is InChI=1S/C21H26ClN3O4S/c1-5-14(2)23-21(27)16-9-6-7-11-18(16)24-20(26)13-25(30(4,28)29)19-12-8-10-17(22)15(19)3/h6-12,14H,5,13H2,1-4H3,(H,23,27)(H,24,26)/t14-/m0/s1. The minimum Gasteiger partial charge on any atom is -0.350 e. The highest BCUT2D eigenvalue weighted by Crippen LogP contribution is 2.28. The third-order valence-electron chi connectivity index (χ3n) is 4.63. The number of benzene rings is 2. The maximum Gasteiger partial charge on any atom is 0.253 e. The van der Waals surface area contributed by atoms with E-state index in [1.165, 1.54) is 0 Å². The van der Waals surface area contributed by atoms with Crippen molar-refractivity contribution in [2.24, 2.45) is 0 Å². The molecule has 2 N–H and O–H groups in total. The Bertz CT molecular complexity index is 1040. The van der Waals surface area contributed by atoms with Gasteiger partial charge in [-0.1, -0.05) is 36.7 Å². The second-order valence-electron chi connectivity index (χ2n) is 7.03. The Balaban J connectivity index is 2.27. The summed E-state index contributed by atoms with van der Waals surface area (Å²) in [5.41, 5.74) is 1.48. The molecule has 9 heteroatoms. The van der Waals surface area contributed by atoms with Crippen molar-refractivity contribution >= 4 is 44.8 Å². The number of sulfonamides is 1. The molecule has 2 aromatic rings. The summed E-state index contributed by atoms with van der Waals surface area (Å²) < 4.78 is 25.7. The number of hydrogen-bond donors (Lipinski definition) is 2. The van der Waals surface area contributed by atoms with Crippen LogP contribution in [0.2, 0.25) is 5.02 Å². The number of anilines is 2. The number of halogens is 1. The van der Waals surface area contributed by atoms with Crippen LogP contribution in [0.5, 0.6) is 0 Å². The zero-order valence-electron chi connectivity index (χ0n) is 17.4. The summed E-state index contributed by atoms with van der Waals surface area (Å²) in [5, 5.41) is 5.90. The van der Waals surface area contributed by atoms with Crippen molar-refractivity contribution < 1.29 is 18.0 Å². The molecule has 0 fully saturated rings. The van der Waals surface area contributed by atoms with Gasteiger partial charge in [0.1, 0.15) is 6.54 Å². The molecular weight excluding hydrogens is 426 g/mol. The third-order valence-corrected chi connectivity index (χ3v) is 6.17. The largest absolute Gasteiger partial charge is 0.350 e. The molecule has 0 radical (unpaired) electrons. The van der Waals surface area contributed by atoms with E-state index in [9.17, 15) is 18.0 Å². The predicted octanol–water partition coefficient (Wildman–Crippen LogP) is 3.58. The number of carbonyl (C=O) groups excluding carboxylic acids is 2. The SMILES string of the molecule is CC[C@H](C)NC(=O)c1ccccc1NC(=O)CN(c1cccc(Cl)c1C)S(C)(=O)=O. The first-order chi connectivity index (χ1) is 14.0. The van der Waals surface area contributed by atoms with Crippen LogP contribution in [0.15, 0.2) is 42.5 Å². The Labute approximate surface area is 182 Å². The first kappa shape index (κ1) is 23.7. The lowest BCUT2D eigenvalue weighted by Crippen LogP contribution is -2.38. The van der Waals surface area contributed by atoms with Crippen LogP contribution >= 0.6 is 11.6 Å². The van der Waals surface area contributed by atoms with Gasteiger partial charge in [-0.3, -0.25) is 13.9 Å². The monoisotopic (exact) mass is 451 g/mol. The number of para-hydroxylation sites is 1. The summed E-state index contributed by atoms with van der Waals surface area (Å²) >= 11 is 6.12. The van der Waals surface area contributed by atoms with Crippen LogP contribution in [0.4, 0.5) is 11.4 Å². The fourth-order valence-electron chi connectivity index (χ4n) is 2.76. The number of nitrogens with zero attached hydrogens (tertiary/aromatic N) is 1. The van der Waals surface area contributed by atoms with Gasteiger partial charge in [0.2, 0.25) is 15.9 Å². The first-order valence-electron chi connectivity index (χ1n) is 9.47. The molecule has 2 amide bonds. The number of amides is 2. The van der Waals surface area contributed by atoms with Gasteiger partial charge in [-0.15, -0.1) is 0 Å². The topological polar surface area (TPSA) is 95.6 Å². The van der Waals surface area contributed by atoms with E-state index in [0.29, 0.717) is 27.5 Å². The zero-order valence-corrected chi connectivity index (χ0v) is 19.0. The molecule has 0 spiro atoms. The van der Waals surface area contributed by atoms with Crippen molar-refractivity contribution in [3.05, 3.63) is 58.6 Å². The molecule has 30 heavy (non-hydrogen) atoms. The molecule has 0 unspecified atom stereocenters. The van der Waals surface area contributed by atoms with Crippen LogP contribution in [0.3, 0.4) is 0 Å². The Kier molecular flexibility index (Phi) is 7.86. The van der Waals surface area contributed by atoms with E-state index >= 15 is 0 Å². The maximum atomic E-state index is 12.7. The molecule has 0 aromatic heterocycles. The lowest BCUT2D eigenvalue weighted by Gasteiger charge is -2.24. The molecule has 0 saturated heterocycles. The fourth-order valence-corrected chi connectivity index (χ4v) is 3.84. The van der Waals surface area contributed by atoms with E-state index in [1.54, 1.807) is 49.4 Å². The summed E-state index contributed by atoms with van der Waals surface area (Å²) in [5.74, 6) is -0.894. The summed E-state index contributed by atoms with van der Waals surface area (Å²) in [6.45, 7) is 5.07.